The Morgan fingerprint density at radius 1 is 1.10 bits per heavy atom. The molecule has 1 spiro atoms. The third-order valence-electron chi connectivity index (χ3n) is 7.50. The molecule has 1 atom stereocenters. The SMILES string of the molecule is CC(=O)c1c(C)[nH]c(C(=O)N2CC3(CCCC3)c3cc4c(cc3C2C)OCCO4)c1C. The Balaban J connectivity index is 1.60. The van der Waals surface area contributed by atoms with Gasteiger partial charge in [0.1, 0.15) is 18.9 Å². The molecule has 1 aromatic carbocycles. The standard InChI is InChI=1S/C25H30N2O4/c1-14-22(17(4)28)15(2)26-23(14)24(29)27-13-25(7-5-6-8-25)19-12-21-20(30-9-10-31-21)11-18(19)16(27)3/h11-12,16,26H,5-10,13H2,1-4H3. The molecule has 6 nitrogen and oxygen atoms in total. The van der Waals surface area contributed by atoms with E-state index in [9.17, 15) is 9.59 Å². The summed E-state index contributed by atoms with van der Waals surface area (Å²) >= 11 is 0. The Hall–Kier alpha value is -2.76. The average Bonchev–Trinajstić information content (AvgIpc) is 3.34. The number of ether oxygens (including phenoxy) is 2. The fourth-order valence-corrected chi connectivity index (χ4v) is 5.99. The van der Waals surface area contributed by atoms with Crippen LogP contribution in [-0.4, -0.2) is 41.3 Å². The monoisotopic (exact) mass is 422 g/mol. The van der Waals surface area contributed by atoms with E-state index in [1.807, 2.05) is 18.7 Å². The van der Waals surface area contributed by atoms with E-state index < -0.39 is 0 Å². The van der Waals surface area contributed by atoms with E-state index in [1.54, 1.807) is 6.92 Å². The topological polar surface area (TPSA) is 71.6 Å². The van der Waals surface area contributed by atoms with Crippen molar-refractivity contribution in [3.8, 4) is 11.5 Å². The number of H-pyrrole nitrogens is 1. The third-order valence-corrected chi connectivity index (χ3v) is 7.50. The molecule has 3 aliphatic rings. The molecule has 5 rings (SSSR count). The lowest BCUT2D eigenvalue weighted by atomic mass is 9.71. The smallest absolute Gasteiger partial charge is 0.271 e. The number of carbonyl (C=O) groups is 2. The Morgan fingerprint density at radius 3 is 2.35 bits per heavy atom. The maximum absolute atomic E-state index is 13.8. The molecule has 0 radical (unpaired) electrons. The first-order chi connectivity index (χ1) is 14.8. The summed E-state index contributed by atoms with van der Waals surface area (Å²) in [6.07, 6.45) is 4.47. The molecule has 31 heavy (non-hydrogen) atoms. The van der Waals surface area contributed by atoms with Crippen LogP contribution < -0.4 is 9.47 Å². The minimum atomic E-state index is -0.0895. The van der Waals surface area contributed by atoms with Crippen molar-refractivity contribution in [1.82, 2.24) is 9.88 Å². The summed E-state index contributed by atoms with van der Waals surface area (Å²) in [5, 5.41) is 0. The molecular weight excluding hydrogens is 392 g/mol. The van der Waals surface area contributed by atoms with Gasteiger partial charge in [0.05, 0.1) is 6.04 Å². The second-order valence-electron chi connectivity index (χ2n) is 9.36. The van der Waals surface area contributed by atoms with Crippen LogP contribution in [0.2, 0.25) is 0 Å². The lowest BCUT2D eigenvalue weighted by Gasteiger charge is -2.46. The van der Waals surface area contributed by atoms with Gasteiger partial charge in [-0.25, -0.2) is 0 Å². The lowest BCUT2D eigenvalue weighted by Crippen LogP contribution is -2.49. The number of aromatic nitrogens is 1. The van der Waals surface area contributed by atoms with Crippen molar-refractivity contribution in [2.24, 2.45) is 0 Å². The summed E-state index contributed by atoms with van der Waals surface area (Å²) < 4.78 is 11.7. The van der Waals surface area contributed by atoms with Gasteiger partial charge >= 0.3 is 0 Å². The Labute approximate surface area is 182 Å². The molecule has 0 bridgehead atoms. The number of nitrogens with zero attached hydrogens (tertiary/aromatic N) is 1. The quantitative estimate of drug-likeness (QED) is 0.716. The van der Waals surface area contributed by atoms with Gasteiger partial charge in [0.25, 0.3) is 5.91 Å². The molecule has 3 heterocycles. The van der Waals surface area contributed by atoms with Gasteiger partial charge in [-0.2, -0.15) is 0 Å². The van der Waals surface area contributed by atoms with Crippen LogP contribution in [-0.2, 0) is 5.41 Å². The minimum absolute atomic E-state index is 0.0154. The predicted octanol–water partition coefficient (Wildman–Crippen LogP) is 4.63. The van der Waals surface area contributed by atoms with Crippen molar-refractivity contribution in [2.45, 2.75) is 64.8 Å². The highest BCUT2D eigenvalue weighted by molar-refractivity contribution is 6.02. The number of hydrogen-bond acceptors (Lipinski definition) is 4. The van der Waals surface area contributed by atoms with E-state index in [1.165, 1.54) is 18.4 Å². The molecule has 2 aliphatic heterocycles. The van der Waals surface area contributed by atoms with Gasteiger partial charge in [-0.1, -0.05) is 12.8 Å². The number of rotatable bonds is 2. The molecule has 1 aromatic heterocycles. The fraction of sp³-hybridized carbons (Fsp3) is 0.520. The number of Topliss-reactive ketones (excluding diaryl/α,β-unsaturated/α-hetero) is 1. The van der Waals surface area contributed by atoms with Crippen molar-refractivity contribution in [1.29, 1.82) is 0 Å². The van der Waals surface area contributed by atoms with Crippen LogP contribution in [0.5, 0.6) is 11.5 Å². The van der Waals surface area contributed by atoms with Gasteiger partial charge in [0, 0.05) is 23.2 Å². The number of ketones is 1. The van der Waals surface area contributed by atoms with E-state index in [4.69, 9.17) is 9.47 Å². The maximum Gasteiger partial charge on any atom is 0.271 e. The number of fused-ring (bicyclic) bond motifs is 3. The van der Waals surface area contributed by atoms with Gasteiger partial charge in [-0.05, 0) is 69.4 Å². The van der Waals surface area contributed by atoms with E-state index in [2.05, 4.69) is 24.0 Å². The molecule has 2 aromatic rings. The van der Waals surface area contributed by atoms with Crippen LogP contribution in [0.15, 0.2) is 12.1 Å². The molecule has 1 fully saturated rings. The van der Waals surface area contributed by atoms with Crippen molar-refractivity contribution in [3.05, 3.63) is 45.8 Å². The van der Waals surface area contributed by atoms with Gasteiger partial charge in [-0.3, -0.25) is 9.59 Å². The molecular formula is C25H30N2O4. The van der Waals surface area contributed by atoms with E-state index in [0.717, 1.165) is 41.2 Å². The molecule has 1 unspecified atom stereocenters. The number of hydrogen-bond donors (Lipinski definition) is 1. The summed E-state index contributed by atoms with van der Waals surface area (Å²) in [5.74, 6) is 1.54. The number of aryl methyl sites for hydroxylation is 1. The number of nitrogens with one attached hydrogen (secondary N) is 1. The van der Waals surface area contributed by atoms with Crippen molar-refractivity contribution >= 4 is 11.7 Å². The van der Waals surface area contributed by atoms with Gasteiger partial charge < -0.3 is 19.4 Å². The zero-order valence-electron chi connectivity index (χ0n) is 18.8. The first kappa shape index (κ1) is 20.2. The highest BCUT2D eigenvalue weighted by Crippen LogP contribution is 2.52. The predicted molar refractivity (Wildman–Crippen MR) is 117 cm³/mol. The normalized spacial score (nSPS) is 21.3. The van der Waals surface area contributed by atoms with Crippen LogP contribution in [0.3, 0.4) is 0 Å². The largest absolute Gasteiger partial charge is 0.486 e. The van der Waals surface area contributed by atoms with Gasteiger partial charge in [0.15, 0.2) is 17.3 Å². The summed E-state index contributed by atoms with van der Waals surface area (Å²) in [5.41, 5.74) is 5.08. The number of benzene rings is 1. The van der Waals surface area contributed by atoms with Crippen molar-refractivity contribution < 1.29 is 19.1 Å². The maximum atomic E-state index is 13.8. The van der Waals surface area contributed by atoms with Gasteiger partial charge in [0.2, 0.25) is 0 Å². The molecule has 164 valence electrons. The highest BCUT2D eigenvalue weighted by Gasteiger charge is 2.47. The Kier molecular flexibility index (Phi) is 4.65. The number of aromatic amines is 1. The van der Waals surface area contributed by atoms with E-state index in [-0.39, 0.29) is 23.1 Å². The first-order valence-electron chi connectivity index (χ1n) is 11.3. The summed E-state index contributed by atoms with van der Waals surface area (Å²) in [6.45, 7) is 9.17. The minimum Gasteiger partial charge on any atom is -0.486 e. The zero-order valence-corrected chi connectivity index (χ0v) is 18.8. The second kappa shape index (κ2) is 7.14. The number of amides is 1. The third kappa shape index (κ3) is 2.99. The molecule has 1 aliphatic carbocycles. The molecule has 1 amide bonds. The highest BCUT2D eigenvalue weighted by atomic mass is 16.6. The first-order valence-corrected chi connectivity index (χ1v) is 11.3. The Morgan fingerprint density at radius 2 is 1.74 bits per heavy atom. The van der Waals surface area contributed by atoms with Crippen molar-refractivity contribution in [2.75, 3.05) is 19.8 Å². The second-order valence-corrected chi connectivity index (χ2v) is 9.36. The van der Waals surface area contributed by atoms with Gasteiger partial charge in [-0.15, -0.1) is 0 Å². The van der Waals surface area contributed by atoms with Crippen LogP contribution >= 0.6 is 0 Å². The molecule has 0 saturated heterocycles. The fourth-order valence-electron chi connectivity index (χ4n) is 5.99. The number of carbonyl (C=O) groups excluding carboxylic acids is 2. The van der Waals surface area contributed by atoms with Crippen LogP contribution in [0.1, 0.15) is 88.8 Å². The van der Waals surface area contributed by atoms with Crippen LogP contribution in [0, 0.1) is 13.8 Å². The molecule has 6 heteroatoms. The van der Waals surface area contributed by atoms with E-state index in [0.29, 0.717) is 31.0 Å². The lowest BCUT2D eigenvalue weighted by molar-refractivity contribution is 0.0587. The van der Waals surface area contributed by atoms with Crippen molar-refractivity contribution in [3.63, 3.8) is 0 Å². The summed E-state index contributed by atoms with van der Waals surface area (Å²) in [7, 11) is 0. The Bertz CT molecular complexity index is 1080. The molecule has 1 N–H and O–H groups in total. The summed E-state index contributed by atoms with van der Waals surface area (Å²) in [6, 6.07) is 4.17. The molecule has 1 saturated carbocycles. The van der Waals surface area contributed by atoms with E-state index >= 15 is 0 Å². The van der Waals surface area contributed by atoms with Crippen LogP contribution in [0.25, 0.3) is 0 Å². The van der Waals surface area contributed by atoms with Crippen LogP contribution in [0.4, 0.5) is 0 Å². The zero-order chi connectivity index (χ0) is 21.9. The summed E-state index contributed by atoms with van der Waals surface area (Å²) in [4.78, 5) is 31.1. The average molecular weight is 423 g/mol.